The molecule has 1 heterocycles. The quantitative estimate of drug-likeness (QED) is 0.326. The molecule has 19 heavy (non-hydrogen) atoms. The van der Waals surface area contributed by atoms with Crippen molar-refractivity contribution in [2.45, 2.75) is 13.3 Å². The molecular weight excluding hydrogens is 277 g/mol. The number of aromatic nitrogens is 2. The fourth-order valence-corrected chi connectivity index (χ4v) is 1.80. The van der Waals surface area contributed by atoms with E-state index in [2.05, 4.69) is 15.3 Å². The molecule has 0 aliphatic carbocycles. The average molecular weight is 293 g/mol. The minimum Gasteiger partial charge on any atom is -0.369 e. The van der Waals surface area contributed by atoms with Crippen molar-refractivity contribution in [1.82, 2.24) is 9.97 Å². The molecule has 9 nitrogen and oxygen atoms in total. The van der Waals surface area contributed by atoms with Crippen LogP contribution in [0, 0.1) is 0 Å². The van der Waals surface area contributed by atoms with E-state index in [4.69, 9.17) is 14.5 Å². The molecule has 0 bridgehead atoms. The third-order valence-electron chi connectivity index (χ3n) is 2.20. The lowest BCUT2D eigenvalue weighted by Gasteiger charge is -2.10. The number of anilines is 1. The number of aromatic amines is 2. The lowest BCUT2D eigenvalue weighted by atomic mass is 10.2. The van der Waals surface area contributed by atoms with Gasteiger partial charge in [0.25, 0.3) is 5.56 Å². The minimum atomic E-state index is -4.17. The van der Waals surface area contributed by atoms with E-state index < -0.39 is 25.2 Å². The highest BCUT2D eigenvalue weighted by Gasteiger charge is 2.12. The van der Waals surface area contributed by atoms with Crippen LogP contribution in [0.5, 0.6) is 0 Å². The van der Waals surface area contributed by atoms with E-state index in [0.717, 1.165) is 0 Å². The van der Waals surface area contributed by atoms with Gasteiger partial charge in [0.05, 0.1) is 12.2 Å². The summed E-state index contributed by atoms with van der Waals surface area (Å²) >= 11 is 0. The van der Waals surface area contributed by atoms with E-state index in [0.29, 0.717) is 12.0 Å². The monoisotopic (exact) mass is 293 g/mol. The van der Waals surface area contributed by atoms with Crippen LogP contribution in [-0.4, -0.2) is 39.3 Å². The Morgan fingerprint density at radius 2 is 2.00 bits per heavy atom. The van der Waals surface area contributed by atoms with Gasteiger partial charge in [-0.25, -0.2) is 4.79 Å². The summed E-state index contributed by atoms with van der Waals surface area (Å²) < 4.78 is 15.3. The van der Waals surface area contributed by atoms with Gasteiger partial charge in [-0.15, -0.1) is 0 Å². The van der Waals surface area contributed by atoms with Gasteiger partial charge in [0, 0.05) is 6.54 Å². The maximum atomic E-state index is 11.5. The summed E-state index contributed by atoms with van der Waals surface area (Å²) in [7, 11) is -4.17. The summed E-state index contributed by atoms with van der Waals surface area (Å²) in [5.41, 5.74) is -0.694. The molecule has 0 atom stereocenters. The van der Waals surface area contributed by atoms with E-state index in [-0.39, 0.29) is 19.0 Å². The van der Waals surface area contributed by atoms with E-state index >= 15 is 0 Å². The normalized spacial score (nSPS) is 11.5. The molecule has 5 N–H and O–H groups in total. The summed E-state index contributed by atoms with van der Waals surface area (Å²) in [6.07, 6.45) is -0.237. The van der Waals surface area contributed by atoms with Gasteiger partial charge in [0.1, 0.15) is 12.2 Å². The molecule has 0 unspecified atom stereocenters. The maximum absolute atomic E-state index is 11.5. The van der Waals surface area contributed by atoms with Crippen LogP contribution >= 0.6 is 7.60 Å². The van der Waals surface area contributed by atoms with Gasteiger partial charge in [-0.2, -0.15) is 0 Å². The van der Waals surface area contributed by atoms with Crippen LogP contribution in [0.15, 0.2) is 9.59 Å². The predicted molar refractivity (Wildman–Crippen MR) is 68.4 cm³/mol. The van der Waals surface area contributed by atoms with Crippen molar-refractivity contribution in [3.05, 3.63) is 26.4 Å². The molecule has 0 saturated heterocycles. The summed E-state index contributed by atoms with van der Waals surface area (Å²) in [4.78, 5) is 44.3. The highest BCUT2D eigenvalue weighted by atomic mass is 31.2. The lowest BCUT2D eigenvalue weighted by Crippen LogP contribution is -2.28. The molecule has 0 spiro atoms. The Balaban J connectivity index is 2.56. The van der Waals surface area contributed by atoms with Crippen molar-refractivity contribution < 1.29 is 19.1 Å². The molecule has 1 aromatic heterocycles. The second-order valence-electron chi connectivity index (χ2n) is 3.74. The number of hydrogen-bond acceptors (Lipinski definition) is 5. The van der Waals surface area contributed by atoms with Gasteiger partial charge in [-0.05, 0) is 6.42 Å². The van der Waals surface area contributed by atoms with Crippen LogP contribution in [0.2, 0.25) is 0 Å². The SMILES string of the molecule is CCc1c(NCCOCP(=O)(O)O)[nH]c(=O)[nH]c1=O. The zero-order valence-electron chi connectivity index (χ0n) is 10.3. The van der Waals surface area contributed by atoms with Crippen LogP contribution in [0.25, 0.3) is 0 Å². The molecule has 0 saturated carbocycles. The van der Waals surface area contributed by atoms with Gasteiger partial charge in [0.15, 0.2) is 0 Å². The number of rotatable bonds is 7. The summed E-state index contributed by atoms with van der Waals surface area (Å²) in [6.45, 7) is 1.99. The van der Waals surface area contributed by atoms with E-state index in [1.807, 2.05) is 0 Å². The van der Waals surface area contributed by atoms with Crippen molar-refractivity contribution in [3.8, 4) is 0 Å². The van der Waals surface area contributed by atoms with Crippen molar-refractivity contribution >= 4 is 13.4 Å². The molecule has 0 radical (unpaired) electrons. The Kier molecular flexibility index (Phi) is 5.49. The number of H-pyrrole nitrogens is 2. The minimum absolute atomic E-state index is 0.0308. The summed E-state index contributed by atoms with van der Waals surface area (Å²) in [5.74, 6) is 0.288. The number of nitrogens with one attached hydrogen (secondary N) is 3. The average Bonchev–Trinajstić information content (AvgIpc) is 2.26. The zero-order valence-corrected chi connectivity index (χ0v) is 11.2. The third kappa shape index (κ3) is 5.39. The predicted octanol–water partition coefficient (Wildman–Crippen LogP) is -0.811. The standard InChI is InChI=1S/C9H16N3O6P/c1-2-6-7(11-9(14)12-8(6)13)10-3-4-18-5-19(15,16)17/h2-5H2,1H3,(H2,15,16,17)(H3,10,11,12,13,14). The Hall–Kier alpha value is -1.41. The number of ether oxygens (including phenoxy) is 1. The van der Waals surface area contributed by atoms with Crippen LogP contribution in [0.3, 0.4) is 0 Å². The molecule has 0 amide bonds. The van der Waals surface area contributed by atoms with Gasteiger partial charge < -0.3 is 19.8 Å². The third-order valence-corrected chi connectivity index (χ3v) is 2.72. The van der Waals surface area contributed by atoms with Crippen LogP contribution < -0.4 is 16.6 Å². The van der Waals surface area contributed by atoms with Crippen molar-refractivity contribution in [2.24, 2.45) is 0 Å². The van der Waals surface area contributed by atoms with Gasteiger partial charge in [-0.3, -0.25) is 19.3 Å². The summed E-state index contributed by atoms with van der Waals surface area (Å²) in [6, 6.07) is 0. The fourth-order valence-electron chi connectivity index (χ4n) is 1.43. The van der Waals surface area contributed by atoms with E-state index in [9.17, 15) is 14.2 Å². The molecule has 1 aromatic rings. The highest BCUT2D eigenvalue weighted by Crippen LogP contribution is 2.33. The van der Waals surface area contributed by atoms with Crippen molar-refractivity contribution in [2.75, 3.05) is 24.8 Å². The lowest BCUT2D eigenvalue weighted by molar-refractivity contribution is 0.167. The van der Waals surface area contributed by atoms with Crippen LogP contribution in [0.1, 0.15) is 12.5 Å². The van der Waals surface area contributed by atoms with E-state index in [1.165, 1.54) is 0 Å². The molecule has 1 rings (SSSR count). The molecular formula is C9H16N3O6P. The topological polar surface area (TPSA) is 145 Å². The van der Waals surface area contributed by atoms with Gasteiger partial charge in [-0.1, -0.05) is 6.92 Å². The fraction of sp³-hybridized carbons (Fsp3) is 0.556. The first-order chi connectivity index (χ1) is 8.83. The Bertz CT molecular complexity index is 574. The first-order valence-corrected chi connectivity index (χ1v) is 7.35. The summed E-state index contributed by atoms with van der Waals surface area (Å²) in [5, 5.41) is 2.78. The van der Waals surface area contributed by atoms with Crippen LogP contribution in [-0.2, 0) is 15.7 Å². The van der Waals surface area contributed by atoms with Crippen molar-refractivity contribution in [3.63, 3.8) is 0 Å². The largest absolute Gasteiger partial charge is 0.369 e. The van der Waals surface area contributed by atoms with Crippen molar-refractivity contribution in [1.29, 1.82) is 0 Å². The Morgan fingerprint density at radius 3 is 2.58 bits per heavy atom. The zero-order chi connectivity index (χ0) is 14.5. The number of hydrogen-bond donors (Lipinski definition) is 5. The Labute approximate surface area is 108 Å². The molecule has 10 heteroatoms. The second kappa shape index (κ2) is 6.67. The highest BCUT2D eigenvalue weighted by molar-refractivity contribution is 7.51. The van der Waals surface area contributed by atoms with Crippen LogP contribution in [0.4, 0.5) is 5.82 Å². The smallest absolute Gasteiger partial charge is 0.350 e. The molecule has 0 aliphatic rings. The van der Waals surface area contributed by atoms with Gasteiger partial charge in [0.2, 0.25) is 0 Å². The molecule has 0 aliphatic heterocycles. The first-order valence-electron chi connectivity index (χ1n) is 5.55. The Morgan fingerprint density at radius 1 is 1.32 bits per heavy atom. The molecule has 108 valence electrons. The maximum Gasteiger partial charge on any atom is 0.350 e. The molecule has 0 aromatic carbocycles. The van der Waals surface area contributed by atoms with E-state index in [1.54, 1.807) is 6.92 Å². The first kappa shape index (κ1) is 15.6. The van der Waals surface area contributed by atoms with Gasteiger partial charge >= 0.3 is 13.3 Å². The second-order valence-corrected chi connectivity index (χ2v) is 5.33. The molecule has 0 fully saturated rings.